The molecule has 2 aromatic heterocycles. The molecule has 1 saturated heterocycles. The van der Waals surface area contributed by atoms with Gasteiger partial charge in [-0.2, -0.15) is 0 Å². The molecule has 3 rings (SSSR count). The molecule has 0 atom stereocenters. The van der Waals surface area contributed by atoms with Gasteiger partial charge in [-0.05, 0) is 11.5 Å². The molecular formula is C16H23N5OS. The van der Waals surface area contributed by atoms with Gasteiger partial charge >= 0.3 is 0 Å². The average molecular weight is 333 g/mol. The van der Waals surface area contributed by atoms with E-state index in [1.165, 1.54) is 0 Å². The predicted octanol–water partition coefficient (Wildman–Crippen LogP) is 2.08. The third kappa shape index (κ3) is 3.46. The quantitative estimate of drug-likeness (QED) is 0.578. The van der Waals surface area contributed by atoms with Gasteiger partial charge in [-0.1, -0.05) is 6.92 Å². The number of anilines is 1. The molecule has 0 aromatic carbocycles. The maximum Gasteiger partial charge on any atom is 0.138 e. The number of rotatable bonds is 5. The first-order chi connectivity index (χ1) is 11.2. The van der Waals surface area contributed by atoms with Crippen molar-refractivity contribution in [3.63, 3.8) is 0 Å². The van der Waals surface area contributed by atoms with Gasteiger partial charge < -0.3 is 20.0 Å². The van der Waals surface area contributed by atoms with Gasteiger partial charge in [0, 0.05) is 43.8 Å². The van der Waals surface area contributed by atoms with E-state index in [0.29, 0.717) is 0 Å². The Bertz CT molecular complexity index is 693. The molecule has 0 amide bonds. The lowest BCUT2D eigenvalue weighted by molar-refractivity contribution is 0.122. The number of morpholine rings is 1. The lowest BCUT2D eigenvalue weighted by Crippen LogP contribution is -2.36. The zero-order valence-corrected chi connectivity index (χ0v) is 14.4. The van der Waals surface area contributed by atoms with Gasteiger partial charge in [0.1, 0.15) is 5.65 Å². The van der Waals surface area contributed by atoms with Crippen LogP contribution in [0.1, 0.15) is 12.5 Å². The summed E-state index contributed by atoms with van der Waals surface area (Å²) in [5.74, 6) is 0. The van der Waals surface area contributed by atoms with Gasteiger partial charge in [0.25, 0.3) is 0 Å². The van der Waals surface area contributed by atoms with Crippen molar-refractivity contribution in [1.82, 2.24) is 20.4 Å². The van der Waals surface area contributed by atoms with Gasteiger partial charge in [-0.25, -0.2) is 9.99 Å². The minimum absolute atomic E-state index is 0.767. The van der Waals surface area contributed by atoms with Crippen molar-refractivity contribution in [2.75, 3.05) is 44.8 Å². The first-order valence-corrected chi connectivity index (χ1v) is 8.37. The zero-order chi connectivity index (χ0) is 16.2. The first kappa shape index (κ1) is 16.2. The van der Waals surface area contributed by atoms with Crippen LogP contribution in [-0.2, 0) is 4.74 Å². The summed E-state index contributed by atoms with van der Waals surface area (Å²) in [6.07, 6.45) is 3.89. The van der Waals surface area contributed by atoms with E-state index in [4.69, 9.17) is 4.74 Å². The van der Waals surface area contributed by atoms with Crippen LogP contribution in [0.5, 0.6) is 0 Å². The molecule has 0 bridgehead atoms. The van der Waals surface area contributed by atoms with Crippen LogP contribution in [0.3, 0.4) is 0 Å². The monoisotopic (exact) mass is 333 g/mol. The SMILES string of the molecule is CCN(C)NC(=CS)c1c[nH]c2ncc(N3CCOCC3)cc12. The van der Waals surface area contributed by atoms with Gasteiger partial charge in [0.05, 0.1) is 30.8 Å². The summed E-state index contributed by atoms with van der Waals surface area (Å²) in [4.78, 5) is 10.1. The van der Waals surface area contributed by atoms with Crippen molar-refractivity contribution in [3.8, 4) is 0 Å². The van der Waals surface area contributed by atoms with Crippen LogP contribution in [0.15, 0.2) is 23.9 Å². The van der Waals surface area contributed by atoms with Crippen molar-refractivity contribution >= 4 is 35.0 Å². The molecule has 23 heavy (non-hydrogen) atoms. The molecule has 0 unspecified atom stereocenters. The molecule has 6 nitrogen and oxygen atoms in total. The normalized spacial score (nSPS) is 16.3. The summed E-state index contributed by atoms with van der Waals surface area (Å²) in [6, 6.07) is 2.18. The van der Waals surface area contributed by atoms with Crippen LogP contribution in [-0.4, -0.2) is 54.9 Å². The number of fused-ring (bicyclic) bond motifs is 1. The number of ether oxygens (including phenoxy) is 1. The molecule has 7 heteroatoms. The third-order valence-corrected chi connectivity index (χ3v) is 4.36. The topological polar surface area (TPSA) is 56.4 Å². The molecular weight excluding hydrogens is 310 g/mol. The Kier molecular flexibility index (Phi) is 5.09. The van der Waals surface area contributed by atoms with Crippen molar-refractivity contribution in [2.24, 2.45) is 0 Å². The second kappa shape index (κ2) is 7.25. The van der Waals surface area contributed by atoms with E-state index >= 15 is 0 Å². The molecule has 0 saturated carbocycles. The second-order valence-corrected chi connectivity index (χ2v) is 5.82. The van der Waals surface area contributed by atoms with E-state index in [1.807, 2.05) is 24.5 Å². The summed E-state index contributed by atoms with van der Waals surface area (Å²) < 4.78 is 5.43. The van der Waals surface area contributed by atoms with Crippen LogP contribution in [0, 0.1) is 0 Å². The maximum absolute atomic E-state index is 5.43. The van der Waals surface area contributed by atoms with E-state index < -0.39 is 0 Å². The number of hydrogen-bond donors (Lipinski definition) is 3. The number of nitrogens with zero attached hydrogens (tertiary/aromatic N) is 3. The number of hydrogen-bond acceptors (Lipinski definition) is 6. The highest BCUT2D eigenvalue weighted by atomic mass is 32.1. The molecule has 2 aromatic rings. The Morgan fingerprint density at radius 2 is 2.30 bits per heavy atom. The number of thiol groups is 1. The molecule has 0 aliphatic carbocycles. The standard InChI is InChI=1S/C16H23N5OS/c1-3-20(2)19-15(11-23)14-10-18-16-13(14)8-12(9-17-16)21-4-6-22-7-5-21/h8-11,19,23H,3-7H2,1-2H3,(H,17,18). The molecule has 1 aliphatic rings. The molecule has 1 fully saturated rings. The van der Waals surface area contributed by atoms with Crippen LogP contribution < -0.4 is 10.3 Å². The fourth-order valence-electron chi connectivity index (χ4n) is 2.65. The zero-order valence-electron chi connectivity index (χ0n) is 13.5. The van der Waals surface area contributed by atoms with Crippen LogP contribution in [0.25, 0.3) is 16.7 Å². The highest BCUT2D eigenvalue weighted by Gasteiger charge is 2.15. The predicted molar refractivity (Wildman–Crippen MR) is 97.5 cm³/mol. The largest absolute Gasteiger partial charge is 0.378 e. The highest BCUT2D eigenvalue weighted by molar-refractivity contribution is 7.83. The van der Waals surface area contributed by atoms with E-state index in [2.05, 4.69) is 45.9 Å². The average Bonchev–Trinajstić information content (AvgIpc) is 3.03. The molecule has 1 aliphatic heterocycles. The van der Waals surface area contributed by atoms with Crippen molar-refractivity contribution in [2.45, 2.75) is 6.92 Å². The van der Waals surface area contributed by atoms with Crippen LogP contribution in [0.4, 0.5) is 5.69 Å². The molecule has 0 spiro atoms. The summed E-state index contributed by atoms with van der Waals surface area (Å²) in [5.41, 5.74) is 7.37. The third-order valence-electron chi connectivity index (χ3n) is 4.10. The second-order valence-electron chi connectivity index (χ2n) is 5.56. The summed E-state index contributed by atoms with van der Waals surface area (Å²) >= 11 is 4.36. The number of hydrazine groups is 1. The number of nitrogens with one attached hydrogen (secondary N) is 2. The van der Waals surface area contributed by atoms with Gasteiger partial charge in [-0.15, -0.1) is 12.6 Å². The van der Waals surface area contributed by atoms with E-state index in [0.717, 1.165) is 60.8 Å². The highest BCUT2D eigenvalue weighted by Crippen LogP contribution is 2.27. The smallest absolute Gasteiger partial charge is 0.138 e. The molecule has 3 heterocycles. The summed E-state index contributed by atoms with van der Waals surface area (Å²) in [7, 11) is 2.00. The summed E-state index contributed by atoms with van der Waals surface area (Å²) in [5, 5.41) is 4.89. The molecule has 2 N–H and O–H groups in total. The van der Waals surface area contributed by atoms with Crippen LogP contribution in [0.2, 0.25) is 0 Å². The number of aromatic nitrogens is 2. The number of pyridine rings is 1. The number of aromatic amines is 1. The van der Waals surface area contributed by atoms with E-state index in [1.54, 1.807) is 5.41 Å². The van der Waals surface area contributed by atoms with Gasteiger partial charge in [-0.3, -0.25) is 0 Å². The minimum Gasteiger partial charge on any atom is -0.378 e. The van der Waals surface area contributed by atoms with E-state index in [-0.39, 0.29) is 0 Å². The lowest BCUT2D eigenvalue weighted by Gasteiger charge is -2.28. The summed E-state index contributed by atoms with van der Waals surface area (Å²) in [6.45, 7) is 6.32. The first-order valence-electron chi connectivity index (χ1n) is 7.85. The molecule has 0 radical (unpaired) electrons. The fourth-order valence-corrected chi connectivity index (χ4v) is 2.85. The molecule has 124 valence electrons. The van der Waals surface area contributed by atoms with Gasteiger partial charge in [0.2, 0.25) is 0 Å². The Morgan fingerprint density at radius 1 is 1.52 bits per heavy atom. The lowest BCUT2D eigenvalue weighted by atomic mass is 10.1. The Hall–Kier alpha value is -1.70. The van der Waals surface area contributed by atoms with Crippen LogP contribution >= 0.6 is 12.6 Å². The fraction of sp³-hybridized carbons (Fsp3) is 0.438. The Morgan fingerprint density at radius 3 is 3.00 bits per heavy atom. The van der Waals surface area contributed by atoms with Crippen molar-refractivity contribution in [3.05, 3.63) is 29.4 Å². The Labute approximate surface area is 141 Å². The minimum atomic E-state index is 0.767. The number of H-pyrrole nitrogens is 1. The van der Waals surface area contributed by atoms with Crippen molar-refractivity contribution < 1.29 is 4.74 Å². The van der Waals surface area contributed by atoms with E-state index in [9.17, 15) is 0 Å². The van der Waals surface area contributed by atoms with Gasteiger partial charge in [0.15, 0.2) is 0 Å². The Balaban J connectivity index is 1.94. The van der Waals surface area contributed by atoms with Crippen molar-refractivity contribution in [1.29, 1.82) is 0 Å². The maximum atomic E-state index is 5.43.